The van der Waals surface area contributed by atoms with Gasteiger partial charge in [-0.3, -0.25) is 13.9 Å². The predicted octanol–water partition coefficient (Wildman–Crippen LogP) is 7.40. The molecule has 0 bridgehead atoms. The van der Waals surface area contributed by atoms with E-state index in [1.165, 1.54) is 23.1 Å². The van der Waals surface area contributed by atoms with Crippen LogP contribution in [0.4, 0.5) is 5.69 Å². The second kappa shape index (κ2) is 16.1. The van der Waals surface area contributed by atoms with Crippen molar-refractivity contribution in [2.24, 2.45) is 0 Å². The molecule has 0 saturated heterocycles. The van der Waals surface area contributed by atoms with E-state index in [2.05, 4.69) is 5.32 Å². The Morgan fingerprint density at radius 1 is 0.778 bits per heavy atom. The minimum atomic E-state index is -4.27. The SMILES string of the molecule is CCCCNC(=O)C(Cc1ccccc1)N(Cc1c(Cl)cccc1Cl)C(=O)CN(c1ccccc1Cl)S(=O)(=O)c1ccccc1. The normalized spacial score (nSPS) is 11.9. The summed E-state index contributed by atoms with van der Waals surface area (Å²) in [4.78, 5) is 29.7. The smallest absolute Gasteiger partial charge is 0.264 e. The quantitative estimate of drug-likeness (QED) is 0.140. The number of rotatable bonds is 14. The van der Waals surface area contributed by atoms with Crippen LogP contribution in [0, 0.1) is 0 Å². The fourth-order valence-electron chi connectivity index (χ4n) is 4.80. The van der Waals surface area contributed by atoms with Gasteiger partial charge in [0.05, 0.1) is 15.6 Å². The molecule has 45 heavy (non-hydrogen) atoms. The highest BCUT2D eigenvalue weighted by Crippen LogP contribution is 2.32. The highest BCUT2D eigenvalue weighted by atomic mass is 35.5. The summed E-state index contributed by atoms with van der Waals surface area (Å²) in [5.74, 6) is -1.02. The Morgan fingerprint density at radius 3 is 1.98 bits per heavy atom. The molecule has 7 nitrogen and oxygen atoms in total. The molecule has 11 heteroatoms. The molecule has 1 atom stereocenters. The van der Waals surface area contributed by atoms with E-state index in [-0.39, 0.29) is 34.5 Å². The largest absolute Gasteiger partial charge is 0.354 e. The molecule has 0 radical (unpaired) electrons. The molecule has 236 valence electrons. The zero-order valence-electron chi connectivity index (χ0n) is 24.7. The average molecular weight is 687 g/mol. The van der Waals surface area contributed by atoms with Crippen molar-refractivity contribution in [1.29, 1.82) is 0 Å². The third-order valence-corrected chi connectivity index (χ3v) is 10.0. The number of para-hydroxylation sites is 1. The Balaban J connectivity index is 1.82. The second-order valence-corrected chi connectivity index (χ2v) is 13.4. The van der Waals surface area contributed by atoms with Crippen molar-refractivity contribution in [3.8, 4) is 0 Å². The first kappa shape index (κ1) is 34.3. The van der Waals surface area contributed by atoms with E-state index in [0.29, 0.717) is 22.2 Å². The van der Waals surface area contributed by atoms with Crippen LogP contribution in [0.15, 0.2) is 108 Å². The summed E-state index contributed by atoms with van der Waals surface area (Å²) in [5.41, 5.74) is 1.37. The fraction of sp³-hybridized carbons (Fsp3) is 0.235. The third-order valence-electron chi connectivity index (χ3n) is 7.22. The van der Waals surface area contributed by atoms with Gasteiger partial charge in [0.15, 0.2) is 0 Å². The molecule has 1 unspecified atom stereocenters. The van der Waals surface area contributed by atoms with Crippen molar-refractivity contribution in [2.45, 2.75) is 43.7 Å². The molecule has 0 aliphatic rings. The standard InChI is InChI=1S/C34H34Cl3N3O4S/c1-2-3-21-38-34(42)32(22-25-13-6-4-7-14-25)39(23-27-28(35)18-12-19-29(27)36)33(41)24-40(31-20-11-10-17-30(31)37)45(43,44)26-15-8-5-9-16-26/h4-20,32H,2-3,21-24H2,1H3,(H,38,42). The summed E-state index contributed by atoms with van der Waals surface area (Å²) in [6.45, 7) is 1.65. The van der Waals surface area contributed by atoms with Crippen LogP contribution in [0.3, 0.4) is 0 Å². The summed E-state index contributed by atoms with van der Waals surface area (Å²) < 4.78 is 29.1. The van der Waals surface area contributed by atoms with Gasteiger partial charge in [-0.2, -0.15) is 0 Å². The number of hydrogen-bond acceptors (Lipinski definition) is 4. The maximum atomic E-state index is 14.5. The lowest BCUT2D eigenvalue weighted by Gasteiger charge is -2.34. The number of hydrogen-bond donors (Lipinski definition) is 1. The zero-order chi connectivity index (χ0) is 32.4. The summed E-state index contributed by atoms with van der Waals surface area (Å²) >= 11 is 19.6. The molecular weight excluding hydrogens is 653 g/mol. The molecule has 0 spiro atoms. The Labute approximate surface area is 279 Å². The number of nitrogens with zero attached hydrogens (tertiary/aromatic N) is 2. The Kier molecular flexibility index (Phi) is 12.3. The first-order valence-corrected chi connectivity index (χ1v) is 17.1. The Morgan fingerprint density at radius 2 is 1.36 bits per heavy atom. The summed E-state index contributed by atoms with van der Waals surface area (Å²) in [6, 6.07) is 27.5. The minimum absolute atomic E-state index is 0.0171. The molecule has 0 saturated carbocycles. The molecule has 2 amide bonds. The number of amides is 2. The van der Waals surface area contributed by atoms with E-state index in [1.54, 1.807) is 54.6 Å². The van der Waals surface area contributed by atoms with Gasteiger partial charge in [-0.25, -0.2) is 8.42 Å². The van der Waals surface area contributed by atoms with Crippen LogP contribution in [0.25, 0.3) is 0 Å². The van der Waals surface area contributed by atoms with Gasteiger partial charge in [-0.15, -0.1) is 0 Å². The number of carbonyl (C=O) groups excluding carboxylic acids is 2. The van der Waals surface area contributed by atoms with Crippen LogP contribution >= 0.6 is 34.8 Å². The second-order valence-electron chi connectivity index (χ2n) is 10.3. The Hall–Kier alpha value is -3.56. The van der Waals surface area contributed by atoms with Crippen LogP contribution < -0.4 is 9.62 Å². The van der Waals surface area contributed by atoms with Gasteiger partial charge < -0.3 is 10.2 Å². The van der Waals surface area contributed by atoms with Crippen molar-refractivity contribution in [2.75, 3.05) is 17.4 Å². The highest BCUT2D eigenvalue weighted by molar-refractivity contribution is 7.92. The molecule has 0 aromatic heterocycles. The van der Waals surface area contributed by atoms with Gasteiger partial charge >= 0.3 is 0 Å². The van der Waals surface area contributed by atoms with Crippen molar-refractivity contribution < 1.29 is 18.0 Å². The number of anilines is 1. The van der Waals surface area contributed by atoms with E-state index in [4.69, 9.17) is 34.8 Å². The molecule has 0 heterocycles. The number of halogens is 3. The lowest BCUT2D eigenvalue weighted by Crippen LogP contribution is -2.53. The van der Waals surface area contributed by atoms with Crippen LogP contribution in [0.2, 0.25) is 15.1 Å². The van der Waals surface area contributed by atoms with Gasteiger partial charge in [0.1, 0.15) is 12.6 Å². The van der Waals surface area contributed by atoms with E-state index in [0.717, 1.165) is 22.7 Å². The maximum Gasteiger partial charge on any atom is 0.264 e. The predicted molar refractivity (Wildman–Crippen MR) is 181 cm³/mol. The molecule has 4 aromatic rings. The van der Waals surface area contributed by atoms with Crippen LogP contribution in [0.5, 0.6) is 0 Å². The fourth-order valence-corrected chi connectivity index (χ4v) is 7.06. The third kappa shape index (κ3) is 8.79. The van der Waals surface area contributed by atoms with Crippen molar-refractivity contribution in [3.63, 3.8) is 0 Å². The molecule has 4 rings (SSSR count). The number of benzene rings is 4. The topological polar surface area (TPSA) is 86.8 Å². The minimum Gasteiger partial charge on any atom is -0.354 e. The lowest BCUT2D eigenvalue weighted by atomic mass is 10.0. The summed E-state index contributed by atoms with van der Waals surface area (Å²) in [6.07, 6.45) is 1.79. The van der Waals surface area contributed by atoms with Gasteiger partial charge in [0.25, 0.3) is 10.0 Å². The van der Waals surface area contributed by atoms with E-state index in [9.17, 15) is 18.0 Å². The molecule has 4 aromatic carbocycles. The van der Waals surface area contributed by atoms with Crippen molar-refractivity contribution >= 4 is 62.3 Å². The van der Waals surface area contributed by atoms with Gasteiger partial charge in [0.2, 0.25) is 11.8 Å². The molecule has 0 aliphatic heterocycles. The monoisotopic (exact) mass is 685 g/mol. The maximum absolute atomic E-state index is 14.5. The number of carbonyl (C=O) groups is 2. The number of sulfonamides is 1. The highest BCUT2D eigenvalue weighted by Gasteiger charge is 2.35. The van der Waals surface area contributed by atoms with Crippen molar-refractivity contribution in [1.82, 2.24) is 10.2 Å². The zero-order valence-corrected chi connectivity index (χ0v) is 27.8. The lowest BCUT2D eigenvalue weighted by molar-refractivity contribution is -0.140. The van der Waals surface area contributed by atoms with Gasteiger partial charge in [-0.05, 0) is 48.4 Å². The average Bonchev–Trinajstić information content (AvgIpc) is 3.04. The molecule has 0 fully saturated rings. The van der Waals surface area contributed by atoms with Crippen LogP contribution in [-0.4, -0.2) is 44.3 Å². The van der Waals surface area contributed by atoms with E-state index in [1.807, 2.05) is 37.3 Å². The summed E-state index contributed by atoms with van der Waals surface area (Å²) in [5, 5.41) is 3.72. The van der Waals surface area contributed by atoms with E-state index < -0.39 is 28.5 Å². The first-order chi connectivity index (χ1) is 21.6. The molecular formula is C34H34Cl3N3O4S. The summed E-state index contributed by atoms with van der Waals surface area (Å²) in [7, 11) is -4.27. The number of unbranched alkanes of at least 4 members (excludes halogenated alkanes) is 1. The first-order valence-electron chi connectivity index (χ1n) is 14.5. The van der Waals surface area contributed by atoms with Gasteiger partial charge in [-0.1, -0.05) is 115 Å². The van der Waals surface area contributed by atoms with Crippen LogP contribution in [-0.2, 0) is 32.6 Å². The number of nitrogens with one attached hydrogen (secondary N) is 1. The van der Waals surface area contributed by atoms with Gasteiger partial charge in [0, 0.05) is 35.1 Å². The van der Waals surface area contributed by atoms with E-state index >= 15 is 0 Å². The van der Waals surface area contributed by atoms with Crippen LogP contribution in [0.1, 0.15) is 30.9 Å². The van der Waals surface area contributed by atoms with Crippen molar-refractivity contribution in [3.05, 3.63) is 129 Å². The molecule has 0 aliphatic carbocycles. The Bertz CT molecular complexity index is 1690. The molecule has 1 N–H and O–H groups in total.